The van der Waals surface area contributed by atoms with Gasteiger partial charge in [0, 0.05) is 16.8 Å². The molecule has 0 aliphatic rings. The summed E-state index contributed by atoms with van der Waals surface area (Å²) in [6.07, 6.45) is 1.17. The van der Waals surface area contributed by atoms with Gasteiger partial charge in [-0.3, -0.25) is 0 Å². The quantitative estimate of drug-likeness (QED) is 0.892. The topological polar surface area (TPSA) is 69.4 Å². The number of halogens is 1. The van der Waals surface area contributed by atoms with Gasteiger partial charge in [0.05, 0.1) is 4.90 Å². The van der Waals surface area contributed by atoms with Crippen molar-refractivity contribution in [2.24, 2.45) is 5.73 Å². The molecular formula is C15H16BrNO3S. The minimum Gasteiger partial charge on any atom is -0.457 e. The highest BCUT2D eigenvalue weighted by Crippen LogP contribution is 2.29. The molecule has 0 unspecified atom stereocenters. The standard InChI is InChI=1S/C15H16BrNO3S/c1-10(17)14-8-5-12(9-15(14)16)20-11-3-6-13(7-4-11)21(2,18)19/h3-10H,17H2,1-2H3/t10-/m0/s1. The van der Waals surface area contributed by atoms with E-state index in [0.29, 0.717) is 11.5 Å². The van der Waals surface area contributed by atoms with Crippen LogP contribution >= 0.6 is 15.9 Å². The summed E-state index contributed by atoms with van der Waals surface area (Å²) in [5, 5.41) is 0. The van der Waals surface area contributed by atoms with Crippen molar-refractivity contribution in [3.8, 4) is 11.5 Å². The first kappa shape index (κ1) is 16.0. The molecule has 1 atom stereocenters. The van der Waals surface area contributed by atoms with Crippen LogP contribution < -0.4 is 10.5 Å². The molecule has 21 heavy (non-hydrogen) atoms. The molecular weight excluding hydrogens is 354 g/mol. The number of nitrogens with two attached hydrogens (primary N) is 1. The van der Waals surface area contributed by atoms with E-state index in [1.54, 1.807) is 12.1 Å². The molecule has 2 rings (SSSR count). The molecule has 0 radical (unpaired) electrons. The molecule has 112 valence electrons. The lowest BCUT2D eigenvalue weighted by Gasteiger charge is -2.11. The van der Waals surface area contributed by atoms with Crippen molar-refractivity contribution in [3.63, 3.8) is 0 Å². The van der Waals surface area contributed by atoms with Gasteiger partial charge in [0.1, 0.15) is 11.5 Å². The van der Waals surface area contributed by atoms with Crippen LogP contribution in [0.3, 0.4) is 0 Å². The fraction of sp³-hybridized carbons (Fsp3) is 0.200. The molecule has 0 aliphatic carbocycles. The van der Waals surface area contributed by atoms with Crippen LogP contribution in [-0.4, -0.2) is 14.7 Å². The van der Waals surface area contributed by atoms with Crippen LogP contribution in [0.15, 0.2) is 51.8 Å². The van der Waals surface area contributed by atoms with E-state index in [0.717, 1.165) is 10.0 Å². The van der Waals surface area contributed by atoms with Gasteiger partial charge in [0.15, 0.2) is 9.84 Å². The third-order valence-corrected chi connectivity index (χ3v) is 4.77. The molecule has 0 saturated heterocycles. The van der Waals surface area contributed by atoms with E-state index < -0.39 is 9.84 Å². The van der Waals surface area contributed by atoms with Crippen molar-refractivity contribution >= 4 is 25.8 Å². The molecule has 0 heterocycles. The monoisotopic (exact) mass is 369 g/mol. The predicted octanol–water partition coefficient (Wildman–Crippen LogP) is 3.66. The number of hydrogen-bond acceptors (Lipinski definition) is 4. The summed E-state index contributed by atoms with van der Waals surface area (Å²) in [6.45, 7) is 1.91. The van der Waals surface area contributed by atoms with Crippen LogP contribution in [0.5, 0.6) is 11.5 Å². The average molecular weight is 370 g/mol. The average Bonchev–Trinajstić information content (AvgIpc) is 2.38. The second-order valence-corrected chi connectivity index (χ2v) is 7.69. The number of hydrogen-bond donors (Lipinski definition) is 1. The van der Waals surface area contributed by atoms with Crippen molar-refractivity contribution in [2.75, 3.05) is 6.26 Å². The first-order chi connectivity index (χ1) is 9.77. The van der Waals surface area contributed by atoms with Gasteiger partial charge >= 0.3 is 0 Å². The van der Waals surface area contributed by atoms with Crippen LogP contribution in [0.4, 0.5) is 0 Å². The lowest BCUT2D eigenvalue weighted by molar-refractivity contribution is 0.481. The molecule has 2 aromatic carbocycles. The minimum absolute atomic E-state index is 0.0672. The summed E-state index contributed by atoms with van der Waals surface area (Å²) in [5.74, 6) is 1.22. The smallest absolute Gasteiger partial charge is 0.175 e. The number of benzene rings is 2. The lowest BCUT2D eigenvalue weighted by atomic mass is 10.1. The highest BCUT2D eigenvalue weighted by Gasteiger charge is 2.09. The van der Waals surface area contributed by atoms with Crippen LogP contribution in [0, 0.1) is 0 Å². The van der Waals surface area contributed by atoms with Gasteiger partial charge in [-0.1, -0.05) is 22.0 Å². The third-order valence-electron chi connectivity index (χ3n) is 2.95. The van der Waals surface area contributed by atoms with E-state index in [1.807, 2.05) is 25.1 Å². The highest BCUT2D eigenvalue weighted by molar-refractivity contribution is 9.10. The van der Waals surface area contributed by atoms with Gasteiger partial charge in [-0.25, -0.2) is 8.42 Å². The van der Waals surface area contributed by atoms with E-state index in [2.05, 4.69) is 15.9 Å². The van der Waals surface area contributed by atoms with Crippen molar-refractivity contribution in [1.82, 2.24) is 0 Å². The molecule has 0 aliphatic heterocycles. The van der Waals surface area contributed by atoms with Gasteiger partial charge in [-0.15, -0.1) is 0 Å². The first-order valence-corrected chi connectivity index (χ1v) is 8.99. The van der Waals surface area contributed by atoms with Gasteiger partial charge < -0.3 is 10.5 Å². The van der Waals surface area contributed by atoms with E-state index >= 15 is 0 Å². The second-order valence-electron chi connectivity index (χ2n) is 4.82. The van der Waals surface area contributed by atoms with Crippen LogP contribution in [-0.2, 0) is 9.84 Å². The predicted molar refractivity (Wildman–Crippen MR) is 86.4 cm³/mol. The Morgan fingerprint density at radius 3 is 2.14 bits per heavy atom. The van der Waals surface area contributed by atoms with Crippen molar-refractivity contribution in [1.29, 1.82) is 0 Å². The molecule has 4 nitrogen and oxygen atoms in total. The number of ether oxygens (including phenoxy) is 1. The Morgan fingerprint density at radius 1 is 1.10 bits per heavy atom. The third kappa shape index (κ3) is 4.06. The Kier molecular flexibility index (Phi) is 4.70. The van der Waals surface area contributed by atoms with E-state index in [9.17, 15) is 8.42 Å². The molecule has 0 amide bonds. The van der Waals surface area contributed by atoms with Crippen molar-refractivity contribution in [2.45, 2.75) is 17.9 Å². The molecule has 2 aromatic rings. The fourth-order valence-electron chi connectivity index (χ4n) is 1.83. The molecule has 0 aromatic heterocycles. The Balaban J connectivity index is 2.21. The zero-order valence-electron chi connectivity index (χ0n) is 11.7. The first-order valence-electron chi connectivity index (χ1n) is 6.30. The normalized spacial score (nSPS) is 13.0. The summed E-state index contributed by atoms with van der Waals surface area (Å²) in [4.78, 5) is 0.267. The Morgan fingerprint density at radius 2 is 1.67 bits per heavy atom. The second kappa shape index (κ2) is 6.17. The molecule has 0 fully saturated rings. The van der Waals surface area contributed by atoms with Gasteiger partial charge in [-0.05, 0) is 48.9 Å². The van der Waals surface area contributed by atoms with E-state index in [-0.39, 0.29) is 10.9 Å². The van der Waals surface area contributed by atoms with Gasteiger partial charge in [-0.2, -0.15) is 0 Å². The van der Waals surface area contributed by atoms with Crippen molar-refractivity contribution in [3.05, 3.63) is 52.5 Å². The largest absolute Gasteiger partial charge is 0.457 e. The van der Waals surface area contributed by atoms with Crippen LogP contribution in [0.1, 0.15) is 18.5 Å². The maximum atomic E-state index is 11.4. The summed E-state index contributed by atoms with van der Waals surface area (Å²) < 4.78 is 29.4. The zero-order chi connectivity index (χ0) is 15.6. The lowest BCUT2D eigenvalue weighted by Crippen LogP contribution is -2.05. The number of sulfone groups is 1. The minimum atomic E-state index is -3.19. The maximum absolute atomic E-state index is 11.4. The maximum Gasteiger partial charge on any atom is 0.175 e. The highest BCUT2D eigenvalue weighted by atomic mass is 79.9. The van der Waals surface area contributed by atoms with E-state index in [1.165, 1.54) is 18.4 Å². The Hall–Kier alpha value is -1.37. The fourth-order valence-corrected chi connectivity index (χ4v) is 3.18. The van der Waals surface area contributed by atoms with Gasteiger partial charge in [0.25, 0.3) is 0 Å². The molecule has 6 heteroatoms. The summed E-state index contributed by atoms with van der Waals surface area (Å²) in [6, 6.07) is 11.8. The van der Waals surface area contributed by atoms with Crippen molar-refractivity contribution < 1.29 is 13.2 Å². The SMILES string of the molecule is C[C@H](N)c1ccc(Oc2ccc(S(C)(=O)=O)cc2)cc1Br. The summed E-state index contributed by atoms with van der Waals surface area (Å²) in [7, 11) is -3.19. The van der Waals surface area contributed by atoms with E-state index in [4.69, 9.17) is 10.5 Å². The van der Waals surface area contributed by atoms with Crippen LogP contribution in [0.25, 0.3) is 0 Å². The zero-order valence-corrected chi connectivity index (χ0v) is 14.1. The number of rotatable bonds is 4. The van der Waals surface area contributed by atoms with Crippen LogP contribution in [0.2, 0.25) is 0 Å². The summed E-state index contributed by atoms with van der Waals surface area (Å²) >= 11 is 3.46. The Bertz CT molecular complexity index is 740. The molecule has 0 spiro atoms. The summed E-state index contributed by atoms with van der Waals surface area (Å²) in [5.41, 5.74) is 6.84. The Labute approximate surface area is 133 Å². The van der Waals surface area contributed by atoms with Gasteiger partial charge in [0.2, 0.25) is 0 Å². The molecule has 0 bridgehead atoms. The molecule has 0 saturated carbocycles. The molecule has 2 N–H and O–H groups in total.